The second-order valence-electron chi connectivity index (χ2n) is 5.30. The molecule has 0 aliphatic rings. The van der Waals surface area contributed by atoms with Gasteiger partial charge in [-0.3, -0.25) is 14.2 Å². The minimum atomic E-state index is -0.851. The third-order valence-electron chi connectivity index (χ3n) is 3.72. The molecule has 3 aromatic heterocycles. The lowest BCUT2D eigenvalue weighted by Gasteiger charge is -2.09. The maximum atomic E-state index is 12.9. The molecule has 0 aliphatic heterocycles. The van der Waals surface area contributed by atoms with Gasteiger partial charge in [0, 0.05) is 28.3 Å². The molecule has 0 saturated carbocycles. The summed E-state index contributed by atoms with van der Waals surface area (Å²) in [6, 6.07) is 3.98. The Balaban J connectivity index is 2.15. The molecule has 0 bridgehead atoms. The van der Waals surface area contributed by atoms with E-state index >= 15 is 0 Å². The van der Waals surface area contributed by atoms with Crippen LogP contribution >= 0.6 is 22.7 Å². The first-order chi connectivity index (χ1) is 11.0. The highest BCUT2D eigenvalue weighted by Gasteiger charge is 2.19. The summed E-state index contributed by atoms with van der Waals surface area (Å²) in [5.74, 6) is -0.220. The number of aliphatic carboxylic acids is 1. The van der Waals surface area contributed by atoms with E-state index in [0.29, 0.717) is 24.2 Å². The zero-order valence-electron chi connectivity index (χ0n) is 12.8. The number of thiophene rings is 2. The minimum absolute atomic E-state index is 0.0460. The van der Waals surface area contributed by atoms with Gasteiger partial charge in [-0.05, 0) is 31.7 Å². The summed E-state index contributed by atoms with van der Waals surface area (Å²) in [4.78, 5) is 31.1. The number of fused-ring (bicyclic) bond motifs is 1. The number of aromatic nitrogens is 2. The number of nitrogens with zero attached hydrogens (tertiary/aromatic N) is 2. The van der Waals surface area contributed by atoms with Gasteiger partial charge in [0.1, 0.15) is 10.7 Å². The van der Waals surface area contributed by atoms with E-state index in [0.717, 1.165) is 20.1 Å². The van der Waals surface area contributed by atoms with Crippen molar-refractivity contribution in [2.75, 3.05) is 0 Å². The largest absolute Gasteiger partial charge is 0.481 e. The van der Waals surface area contributed by atoms with Gasteiger partial charge >= 0.3 is 5.97 Å². The van der Waals surface area contributed by atoms with Crippen LogP contribution in [0.5, 0.6) is 0 Å². The lowest BCUT2D eigenvalue weighted by molar-refractivity contribution is -0.137. The molecule has 0 spiro atoms. The molecule has 23 heavy (non-hydrogen) atoms. The fourth-order valence-corrected chi connectivity index (χ4v) is 4.64. The summed E-state index contributed by atoms with van der Waals surface area (Å²) in [5.41, 5.74) is 0.884. The van der Waals surface area contributed by atoms with E-state index < -0.39 is 5.97 Å². The van der Waals surface area contributed by atoms with E-state index in [1.54, 1.807) is 22.8 Å². The van der Waals surface area contributed by atoms with Crippen LogP contribution in [0.1, 0.15) is 23.5 Å². The summed E-state index contributed by atoms with van der Waals surface area (Å²) >= 11 is 3.13. The first-order valence-corrected chi connectivity index (χ1v) is 8.95. The molecule has 0 saturated heterocycles. The number of rotatable bonds is 5. The molecular formula is C16H16N2O3S2. The van der Waals surface area contributed by atoms with Crippen molar-refractivity contribution < 1.29 is 9.90 Å². The van der Waals surface area contributed by atoms with Gasteiger partial charge in [-0.25, -0.2) is 4.98 Å². The number of aryl methyl sites for hydroxylation is 2. The Labute approximate surface area is 140 Å². The van der Waals surface area contributed by atoms with Gasteiger partial charge in [0.15, 0.2) is 0 Å². The second kappa shape index (κ2) is 6.25. The number of carbonyl (C=O) groups is 1. The molecule has 7 heteroatoms. The Hall–Kier alpha value is -1.99. The van der Waals surface area contributed by atoms with E-state index in [4.69, 9.17) is 5.11 Å². The molecule has 0 unspecified atom stereocenters. The third kappa shape index (κ3) is 2.94. The highest BCUT2D eigenvalue weighted by molar-refractivity contribution is 7.20. The zero-order valence-corrected chi connectivity index (χ0v) is 14.5. The SMILES string of the molecule is Cc1sc2nc(C)n(CCCC(=O)O)c(=O)c2c1-c1cccs1. The van der Waals surface area contributed by atoms with Crippen LogP contribution in [-0.4, -0.2) is 20.6 Å². The Morgan fingerprint density at radius 2 is 2.17 bits per heavy atom. The van der Waals surface area contributed by atoms with Crippen molar-refractivity contribution in [2.45, 2.75) is 33.2 Å². The Kier molecular flexibility index (Phi) is 4.32. The fourth-order valence-electron chi connectivity index (χ4n) is 2.67. The lowest BCUT2D eigenvalue weighted by Crippen LogP contribution is -2.24. The summed E-state index contributed by atoms with van der Waals surface area (Å²) in [6.07, 6.45) is 0.463. The molecule has 3 aromatic rings. The van der Waals surface area contributed by atoms with Crippen molar-refractivity contribution in [1.29, 1.82) is 0 Å². The minimum Gasteiger partial charge on any atom is -0.481 e. The maximum Gasteiger partial charge on any atom is 0.303 e. The lowest BCUT2D eigenvalue weighted by atomic mass is 10.1. The van der Waals surface area contributed by atoms with E-state index in [1.807, 2.05) is 24.4 Å². The van der Waals surface area contributed by atoms with E-state index in [2.05, 4.69) is 4.98 Å². The predicted octanol–water partition coefficient (Wildman–Crippen LogP) is 3.67. The van der Waals surface area contributed by atoms with Crippen LogP contribution in [0.4, 0.5) is 0 Å². The molecule has 1 N–H and O–H groups in total. The molecular weight excluding hydrogens is 332 g/mol. The highest BCUT2D eigenvalue weighted by Crippen LogP contribution is 2.37. The standard InChI is InChI=1S/C16H16N2O3S2/c1-9-13(11-5-4-8-22-11)14-15(23-9)17-10(2)18(16(14)21)7-3-6-12(19)20/h4-5,8H,3,6-7H2,1-2H3,(H,19,20). The fraction of sp³-hybridized carbons (Fsp3) is 0.312. The molecule has 3 heterocycles. The van der Waals surface area contributed by atoms with Crippen LogP contribution in [-0.2, 0) is 11.3 Å². The first kappa shape index (κ1) is 15.9. The van der Waals surface area contributed by atoms with Crippen molar-refractivity contribution in [3.63, 3.8) is 0 Å². The Morgan fingerprint density at radius 3 is 2.83 bits per heavy atom. The van der Waals surface area contributed by atoms with Crippen molar-refractivity contribution in [3.8, 4) is 10.4 Å². The monoisotopic (exact) mass is 348 g/mol. The molecule has 0 fully saturated rings. The van der Waals surface area contributed by atoms with Gasteiger partial charge < -0.3 is 5.11 Å². The van der Waals surface area contributed by atoms with Crippen LogP contribution in [0.25, 0.3) is 20.7 Å². The Morgan fingerprint density at radius 1 is 1.39 bits per heavy atom. The highest BCUT2D eigenvalue weighted by atomic mass is 32.1. The average molecular weight is 348 g/mol. The van der Waals surface area contributed by atoms with Gasteiger partial charge in [-0.1, -0.05) is 6.07 Å². The van der Waals surface area contributed by atoms with Gasteiger partial charge in [-0.2, -0.15) is 0 Å². The van der Waals surface area contributed by atoms with Crippen LogP contribution in [0, 0.1) is 13.8 Å². The number of carboxylic acid groups (broad SMARTS) is 1. The van der Waals surface area contributed by atoms with Gasteiger partial charge in [0.2, 0.25) is 0 Å². The Bertz CT molecular complexity index is 923. The second-order valence-corrected chi connectivity index (χ2v) is 7.45. The number of hydrogen-bond acceptors (Lipinski definition) is 5. The van der Waals surface area contributed by atoms with Crippen molar-refractivity contribution in [1.82, 2.24) is 9.55 Å². The number of carboxylic acids is 1. The quantitative estimate of drug-likeness (QED) is 0.763. The third-order valence-corrected chi connectivity index (χ3v) is 5.61. The van der Waals surface area contributed by atoms with Gasteiger partial charge in [0.25, 0.3) is 5.56 Å². The average Bonchev–Trinajstić information content (AvgIpc) is 3.09. The summed E-state index contributed by atoms with van der Waals surface area (Å²) in [6.45, 7) is 4.17. The summed E-state index contributed by atoms with van der Waals surface area (Å²) in [5, 5.41) is 11.4. The molecule has 120 valence electrons. The zero-order chi connectivity index (χ0) is 16.6. The van der Waals surface area contributed by atoms with Gasteiger partial charge in [-0.15, -0.1) is 22.7 Å². The molecule has 0 aliphatic carbocycles. The van der Waals surface area contributed by atoms with Crippen LogP contribution in [0.2, 0.25) is 0 Å². The molecule has 0 atom stereocenters. The van der Waals surface area contributed by atoms with Crippen LogP contribution in [0.3, 0.4) is 0 Å². The molecule has 0 amide bonds. The van der Waals surface area contributed by atoms with E-state index in [-0.39, 0.29) is 12.0 Å². The topological polar surface area (TPSA) is 72.2 Å². The summed E-state index contributed by atoms with van der Waals surface area (Å²) in [7, 11) is 0. The van der Waals surface area contributed by atoms with Crippen LogP contribution < -0.4 is 5.56 Å². The first-order valence-electron chi connectivity index (χ1n) is 7.25. The molecule has 0 aromatic carbocycles. The van der Waals surface area contributed by atoms with Crippen molar-refractivity contribution in [3.05, 3.63) is 38.6 Å². The van der Waals surface area contributed by atoms with Crippen LogP contribution in [0.15, 0.2) is 22.3 Å². The number of hydrogen-bond donors (Lipinski definition) is 1. The van der Waals surface area contributed by atoms with Crippen molar-refractivity contribution in [2.24, 2.45) is 0 Å². The van der Waals surface area contributed by atoms with E-state index in [9.17, 15) is 9.59 Å². The molecule has 3 rings (SSSR count). The van der Waals surface area contributed by atoms with Crippen molar-refractivity contribution >= 4 is 38.9 Å². The predicted molar refractivity (Wildman–Crippen MR) is 93.5 cm³/mol. The summed E-state index contributed by atoms with van der Waals surface area (Å²) < 4.78 is 1.59. The maximum absolute atomic E-state index is 12.9. The smallest absolute Gasteiger partial charge is 0.303 e. The van der Waals surface area contributed by atoms with E-state index in [1.165, 1.54) is 11.3 Å². The van der Waals surface area contributed by atoms with Gasteiger partial charge in [0.05, 0.1) is 5.39 Å². The molecule has 5 nitrogen and oxygen atoms in total. The molecule has 0 radical (unpaired) electrons. The normalized spacial score (nSPS) is 11.2.